The number of carbonyl (C=O) groups excluding carboxylic acids is 2. The second kappa shape index (κ2) is 7.67. The summed E-state index contributed by atoms with van der Waals surface area (Å²) in [7, 11) is 0. The Morgan fingerprint density at radius 1 is 1.22 bits per heavy atom. The lowest BCUT2D eigenvalue weighted by atomic mass is 10.2. The van der Waals surface area contributed by atoms with Crippen molar-refractivity contribution in [2.45, 2.75) is 27.3 Å². The van der Waals surface area contributed by atoms with Crippen LogP contribution in [0, 0.1) is 13.8 Å². The summed E-state index contributed by atoms with van der Waals surface area (Å²) in [6.07, 6.45) is 0. The zero-order valence-corrected chi connectivity index (χ0v) is 15.9. The monoisotopic (exact) mass is 386 g/mol. The SMILES string of the molecule is CCOC(=O)c1sc(C)c2c(=O)n(CC(=O)Nc3ccc(C)cc3)nnc12. The fourth-order valence-corrected chi connectivity index (χ4v) is 3.53. The number of esters is 1. The van der Waals surface area contributed by atoms with Gasteiger partial charge in [-0.3, -0.25) is 9.59 Å². The first-order valence-corrected chi connectivity index (χ1v) is 9.13. The Labute approximate surface area is 158 Å². The topological polar surface area (TPSA) is 103 Å². The van der Waals surface area contributed by atoms with Crippen molar-refractivity contribution in [1.82, 2.24) is 15.0 Å². The van der Waals surface area contributed by atoms with Crippen molar-refractivity contribution in [2.24, 2.45) is 0 Å². The van der Waals surface area contributed by atoms with Crippen LogP contribution in [-0.4, -0.2) is 33.5 Å². The van der Waals surface area contributed by atoms with Crippen LogP contribution in [0.1, 0.15) is 27.0 Å². The molecule has 0 aliphatic carbocycles. The van der Waals surface area contributed by atoms with E-state index >= 15 is 0 Å². The van der Waals surface area contributed by atoms with Gasteiger partial charge in [0.25, 0.3) is 5.56 Å². The van der Waals surface area contributed by atoms with E-state index in [0.717, 1.165) is 21.6 Å². The van der Waals surface area contributed by atoms with Crippen LogP contribution in [0.15, 0.2) is 29.1 Å². The van der Waals surface area contributed by atoms with Gasteiger partial charge in [0.15, 0.2) is 0 Å². The minimum absolute atomic E-state index is 0.205. The molecule has 1 amide bonds. The van der Waals surface area contributed by atoms with Crippen LogP contribution in [0.2, 0.25) is 0 Å². The average Bonchev–Trinajstić information content (AvgIpc) is 2.97. The number of aromatic nitrogens is 3. The number of hydrogen-bond acceptors (Lipinski definition) is 7. The minimum atomic E-state index is -0.538. The molecule has 2 aromatic heterocycles. The quantitative estimate of drug-likeness (QED) is 0.675. The highest BCUT2D eigenvalue weighted by molar-refractivity contribution is 7.15. The van der Waals surface area contributed by atoms with Crippen LogP contribution < -0.4 is 10.9 Å². The lowest BCUT2D eigenvalue weighted by Crippen LogP contribution is -2.30. The number of carbonyl (C=O) groups is 2. The number of nitrogens with zero attached hydrogens (tertiary/aromatic N) is 3. The third kappa shape index (κ3) is 3.87. The summed E-state index contributed by atoms with van der Waals surface area (Å²) in [5, 5.41) is 10.8. The molecule has 27 heavy (non-hydrogen) atoms. The van der Waals surface area contributed by atoms with Crippen LogP contribution in [-0.2, 0) is 16.1 Å². The van der Waals surface area contributed by atoms with Gasteiger partial charge in [-0.15, -0.1) is 16.4 Å². The predicted octanol–water partition coefficient (Wildman–Crippen LogP) is 2.29. The Kier molecular flexibility index (Phi) is 5.31. The van der Waals surface area contributed by atoms with Crippen molar-refractivity contribution in [3.05, 3.63) is 49.9 Å². The molecule has 3 rings (SSSR count). The van der Waals surface area contributed by atoms with Crippen LogP contribution >= 0.6 is 11.3 Å². The predicted molar refractivity (Wildman–Crippen MR) is 102 cm³/mol. The summed E-state index contributed by atoms with van der Waals surface area (Å²) in [5.74, 6) is -0.933. The van der Waals surface area contributed by atoms with E-state index in [-0.39, 0.29) is 28.9 Å². The highest BCUT2D eigenvalue weighted by Crippen LogP contribution is 2.27. The van der Waals surface area contributed by atoms with Crippen LogP contribution in [0.4, 0.5) is 5.69 Å². The molecule has 1 aromatic carbocycles. The lowest BCUT2D eigenvalue weighted by molar-refractivity contribution is -0.117. The molecule has 8 nitrogen and oxygen atoms in total. The van der Waals surface area contributed by atoms with Crippen molar-refractivity contribution in [3.8, 4) is 0 Å². The molecular formula is C18H18N4O4S. The van der Waals surface area contributed by atoms with Gasteiger partial charge >= 0.3 is 5.97 Å². The van der Waals surface area contributed by atoms with E-state index in [1.54, 1.807) is 26.0 Å². The van der Waals surface area contributed by atoms with Crippen molar-refractivity contribution in [3.63, 3.8) is 0 Å². The first kappa shape index (κ1) is 18.7. The van der Waals surface area contributed by atoms with Gasteiger partial charge in [-0.05, 0) is 32.9 Å². The molecule has 0 aliphatic rings. The molecule has 1 N–H and O–H groups in total. The Morgan fingerprint density at radius 3 is 2.59 bits per heavy atom. The number of hydrogen-bond donors (Lipinski definition) is 1. The van der Waals surface area contributed by atoms with Crippen molar-refractivity contribution >= 4 is 39.8 Å². The molecule has 0 unspecified atom stereocenters. The average molecular weight is 386 g/mol. The van der Waals surface area contributed by atoms with Crippen molar-refractivity contribution < 1.29 is 14.3 Å². The number of amides is 1. The maximum atomic E-state index is 12.7. The second-order valence-electron chi connectivity index (χ2n) is 5.90. The molecule has 0 spiro atoms. The van der Waals surface area contributed by atoms with Gasteiger partial charge in [0, 0.05) is 10.6 Å². The number of anilines is 1. The number of fused-ring (bicyclic) bond motifs is 1. The largest absolute Gasteiger partial charge is 0.462 e. The summed E-state index contributed by atoms with van der Waals surface area (Å²) < 4.78 is 5.98. The Balaban J connectivity index is 1.87. The summed E-state index contributed by atoms with van der Waals surface area (Å²) in [6.45, 7) is 5.31. The first-order valence-electron chi connectivity index (χ1n) is 8.31. The van der Waals surface area contributed by atoms with E-state index in [1.807, 2.05) is 19.1 Å². The van der Waals surface area contributed by atoms with Gasteiger partial charge in [0.2, 0.25) is 5.91 Å². The first-order chi connectivity index (χ1) is 12.9. The molecule has 0 saturated carbocycles. The Morgan fingerprint density at radius 2 is 1.93 bits per heavy atom. The van der Waals surface area contributed by atoms with Gasteiger partial charge in [-0.25, -0.2) is 9.48 Å². The number of thiophene rings is 1. The molecule has 0 atom stereocenters. The highest BCUT2D eigenvalue weighted by atomic mass is 32.1. The molecule has 0 aliphatic heterocycles. The van der Waals surface area contributed by atoms with E-state index in [4.69, 9.17) is 4.74 Å². The van der Waals surface area contributed by atoms with Gasteiger partial charge in [0.1, 0.15) is 16.9 Å². The number of aryl methyl sites for hydroxylation is 2. The van der Waals surface area contributed by atoms with Crippen molar-refractivity contribution in [2.75, 3.05) is 11.9 Å². The minimum Gasteiger partial charge on any atom is -0.462 e. The smallest absolute Gasteiger partial charge is 0.350 e. The third-order valence-corrected chi connectivity index (χ3v) is 4.92. The van der Waals surface area contributed by atoms with Crippen molar-refractivity contribution in [1.29, 1.82) is 0 Å². The molecule has 3 aromatic rings. The number of ether oxygens (including phenoxy) is 1. The highest BCUT2D eigenvalue weighted by Gasteiger charge is 2.22. The molecule has 140 valence electrons. The normalized spacial score (nSPS) is 10.8. The molecule has 0 radical (unpaired) electrons. The summed E-state index contributed by atoms with van der Waals surface area (Å²) in [4.78, 5) is 37.8. The molecule has 9 heteroatoms. The zero-order valence-electron chi connectivity index (χ0n) is 15.1. The van der Waals surface area contributed by atoms with Gasteiger partial charge in [-0.2, -0.15) is 0 Å². The van der Waals surface area contributed by atoms with E-state index in [2.05, 4.69) is 15.6 Å². The molecular weight excluding hydrogens is 368 g/mol. The Bertz CT molecular complexity index is 1070. The Hall–Kier alpha value is -3.07. The van der Waals surface area contributed by atoms with Gasteiger partial charge in [-0.1, -0.05) is 22.9 Å². The summed E-state index contributed by atoms with van der Waals surface area (Å²) in [5.41, 5.74) is 1.44. The second-order valence-corrected chi connectivity index (χ2v) is 7.12. The molecule has 0 saturated heterocycles. The molecule has 0 fully saturated rings. The van der Waals surface area contributed by atoms with Crippen LogP contribution in [0.25, 0.3) is 10.9 Å². The van der Waals surface area contributed by atoms with E-state index in [0.29, 0.717) is 10.6 Å². The zero-order chi connectivity index (χ0) is 19.6. The third-order valence-electron chi connectivity index (χ3n) is 3.85. The standard InChI is InChI=1S/C18H18N4O4S/c1-4-26-18(25)16-15-14(11(3)27-16)17(24)22(21-20-15)9-13(23)19-12-7-5-10(2)6-8-12/h5-8H,4,9H2,1-3H3,(H,19,23). The van der Waals surface area contributed by atoms with Crippen LogP contribution in [0.3, 0.4) is 0 Å². The van der Waals surface area contributed by atoms with Crippen LogP contribution in [0.5, 0.6) is 0 Å². The lowest BCUT2D eigenvalue weighted by Gasteiger charge is -2.07. The molecule has 2 heterocycles. The summed E-state index contributed by atoms with van der Waals surface area (Å²) in [6, 6.07) is 7.30. The van der Waals surface area contributed by atoms with E-state index < -0.39 is 17.4 Å². The van der Waals surface area contributed by atoms with E-state index in [1.165, 1.54) is 0 Å². The number of rotatable bonds is 5. The maximum Gasteiger partial charge on any atom is 0.350 e. The molecule has 0 bridgehead atoms. The fourth-order valence-electron chi connectivity index (χ4n) is 2.56. The van der Waals surface area contributed by atoms with Gasteiger partial charge in [0.05, 0.1) is 12.0 Å². The van der Waals surface area contributed by atoms with Gasteiger partial charge < -0.3 is 10.1 Å². The maximum absolute atomic E-state index is 12.7. The summed E-state index contributed by atoms with van der Waals surface area (Å²) >= 11 is 1.13. The fraction of sp³-hybridized carbons (Fsp3) is 0.278. The van der Waals surface area contributed by atoms with E-state index in [9.17, 15) is 14.4 Å². The number of nitrogens with one attached hydrogen (secondary N) is 1. The number of benzene rings is 1.